The summed E-state index contributed by atoms with van der Waals surface area (Å²) in [5.41, 5.74) is 0.474. The predicted molar refractivity (Wildman–Crippen MR) is 124 cm³/mol. The highest BCUT2D eigenvalue weighted by Crippen LogP contribution is 2.32. The summed E-state index contributed by atoms with van der Waals surface area (Å²) in [5.74, 6) is -3.48. The number of hydrogen-bond acceptors (Lipinski definition) is 4. The van der Waals surface area contributed by atoms with Gasteiger partial charge in [0.05, 0.1) is 11.3 Å². The molecule has 6 nitrogen and oxygen atoms in total. The monoisotopic (exact) mass is 489 g/mol. The Hall–Kier alpha value is -3.30. The molecule has 2 N–H and O–H groups in total. The molecule has 2 heterocycles. The molecule has 2 aromatic carbocycles. The number of aromatic nitrogens is 2. The Morgan fingerprint density at radius 2 is 1.91 bits per heavy atom. The van der Waals surface area contributed by atoms with E-state index in [1.54, 1.807) is 37.4 Å². The van der Waals surface area contributed by atoms with E-state index in [4.69, 9.17) is 11.6 Å². The number of benzene rings is 2. The minimum atomic E-state index is -3.97. The van der Waals surface area contributed by atoms with Crippen molar-refractivity contribution in [3.63, 3.8) is 0 Å². The van der Waals surface area contributed by atoms with Gasteiger partial charge in [0.15, 0.2) is 11.6 Å². The highest BCUT2D eigenvalue weighted by molar-refractivity contribution is 7.92. The van der Waals surface area contributed by atoms with Gasteiger partial charge < -0.3 is 4.98 Å². The number of halogens is 3. The van der Waals surface area contributed by atoms with Gasteiger partial charge in [-0.2, -0.15) is 0 Å². The molecule has 0 aliphatic rings. The lowest BCUT2D eigenvalue weighted by Crippen LogP contribution is -2.19. The first kappa shape index (κ1) is 22.9. The average Bonchev–Trinajstić information content (AvgIpc) is 3.20. The number of H-pyrrole nitrogens is 1. The number of carbonyl (C=O) groups is 1. The Morgan fingerprint density at radius 3 is 2.64 bits per heavy atom. The summed E-state index contributed by atoms with van der Waals surface area (Å²) in [4.78, 5) is 20.4. The van der Waals surface area contributed by atoms with Gasteiger partial charge in [0.2, 0.25) is 10.0 Å². The van der Waals surface area contributed by atoms with E-state index < -0.39 is 38.7 Å². The minimum absolute atomic E-state index is 0.0966. The normalized spacial score (nSPS) is 11.6. The third kappa shape index (κ3) is 4.46. The Labute approximate surface area is 193 Å². The van der Waals surface area contributed by atoms with Crippen molar-refractivity contribution in [1.29, 1.82) is 0 Å². The van der Waals surface area contributed by atoms with E-state index in [1.165, 1.54) is 6.20 Å². The van der Waals surface area contributed by atoms with Crippen LogP contribution in [0.5, 0.6) is 0 Å². The Kier molecular flexibility index (Phi) is 6.18. The first-order valence-electron chi connectivity index (χ1n) is 9.97. The SMILES string of the molecule is CCCS(=O)(=O)Nc1c(F)ccc(C(=O)c2c[nH]c3ncc(-c4ccccc4Cl)cc23)c1F. The van der Waals surface area contributed by atoms with Gasteiger partial charge in [-0.05, 0) is 30.7 Å². The molecule has 0 aliphatic heterocycles. The Morgan fingerprint density at radius 1 is 1.15 bits per heavy atom. The zero-order chi connectivity index (χ0) is 23.8. The van der Waals surface area contributed by atoms with Gasteiger partial charge in [-0.25, -0.2) is 22.2 Å². The van der Waals surface area contributed by atoms with Crippen LogP contribution < -0.4 is 4.72 Å². The van der Waals surface area contributed by atoms with Crippen molar-refractivity contribution in [3.05, 3.63) is 82.6 Å². The van der Waals surface area contributed by atoms with Gasteiger partial charge in [-0.1, -0.05) is 36.7 Å². The molecule has 2 aromatic heterocycles. The zero-order valence-electron chi connectivity index (χ0n) is 17.3. The van der Waals surface area contributed by atoms with E-state index in [-0.39, 0.29) is 17.7 Å². The summed E-state index contributed by atoms with van der Waals surface area (Å²) < 4.78 is 55.3. The second-order valence-electron chi connectivity index (χ2n) is 7.34. The number of sulfonamides is 1. The van der Waals surface area contributed by atoms with Gasteiger partial charge in [0.1, 0.15) is 17.2 Å². The first-order valence-corrected chi connectivity index (χ1v) is 12.0. The molecule has 0 atom stereocenters. The molecule has 10 heteroatoms. The molecule has 0 spiro atoms. The van der Waals surface area contributed by atoms with Crippen LogP contribution in [0.25, 0.3) is 22.2 Å². The average molecular weight is 490 g/mol. The molecular formula is C23H18ClF2N3O3S. The summed E-state index contributed by atoms with van der Waals surface area (Å²) in [6.07, 6.45) is 3.22. The molecule has 0 amide bonds. The number of hydrogen-bond donors (Lipinski definition) is 2. The van der Waals surface area contributed by atoms with Crippen molar-refractivity contribution in [3.8, 4) is 11.1 Å². The van der Waals surface area contributed by atoms with E-state index in [0.29, 0.717) is 27.2 Å². The Bertz CT molecular complexity index is 1490. The van der Waals surface area contributed by atoms with Crippen LogP contribution in [0.2, 0.25) is 5.02 Å². The van der Waals surface area contributed by atoms with Crippen molar-refractivity contribution in [2.75, 3.05) is 10.5 Å². The second kappa shape index (κ2) is 8.92. The maximum atomic E-state index is 15.1. The molecule has 4 rings (SSSR count). The summed E-state index contributed by atoms with van der Waals surface area (Å²) in [7, 11) is -3.97. The molecule has 33 heavy (non-hydrogen) atoms. The van der Waals surface area contributed by atoms with Crippen LogP contribution in [-0.2, 0) is 10.0 Å². The van der Waals surface area contributed by atoms with Crippen molar-refractivity contribution in [2.24, 2.45) is 0 Å². The van der Waals surface area contributed by atoms with Crippen LogP contribution in [0.15, 0.2) is 54.9 Å². The molecule has 0 saturated carbocycles. The molecule has 4 aromatic rings. The van der Waals surface area contributed by atoms with Crippen LogP contribution >= 0.6 is 11.6 Å². The Balaban J connectivity index is 1.79. The van der Waals surface area contributed by atoms with E-state index in [2.05, 4.69) is 9.97 Å². The number of nitrogens with one attached hydrogen (secondary N) is 2. The van der Waals surface area contributed by atoms with Gasteiger partial charge in [-0.3, -0.25) is 9.52 Å². The van der Waals surface area contributed by atoms with E-state index in [0.717, 1.165) is 12.1 Å². The standard InChI is InChI=1S/C23H18ClF2N3O3S/c1-2-9-33(31,32)29-21-19(25)8-7-15(20(21)26)22(30)17-12-28-23-16(17)10-13(11-27-23)14-5-3-4-6-18(14)24/h3-8,10-12,29H,2,9H2,1H3,(H,27,28). The fourth-order valence-corrected chi connectivity index (χ4v) is 4.86. The van der Waals surface area contributed by atoms with Crippen molar-refractivity contribution < 1.29 is 22.0 Å². The van der Waals surface area contributed by atoms with Gasteiger partial charge in [0, 0.05) is 39.5 Å². The van der Waals surface area contributed by atoms with Gasteiger partial charge >= 0.3 is 0 Å². The lowest BCUT2D eigenvalue weighted by atomic mass is 10.00. The van der Waals surface area contributed by atoms with Crippen LogP contribution in [0.1, 0.15) is 29.3 Å². The van der Waals surface area contributed by atoms with Gasteiger partial charge in [-0.15, -0.1) is 0 Å². The van der Waals surface area contributed by atoms with Crippen LogP contribution in [0, 0.1) is 11.6 Å². The first-order chi connectivity index (χ1) is 15.7. The quantitative estimate of drug-likeness (QED) is 0.333. The molecule has 170 valence electrons. The van der Waals surface area contributed by atoms with Crippen LogP contribution in [0.4, 0.5) is 14.5 Å². The van der Waals surface area contributed by atoms with Crippen LogP contribution in [0.3, 0.4) is 0 Å². The number of anilines is 1. The lowest BCUT2D eigenvalue weighted by molar-refractivity contribution is 0.103. The number of nitrogens with zero attached hydrogens (tertiary/aromatic N) is 1. The van der Waals surface area contributed by atoms with Crippen LogP contribution in [-0.4, -0.2) is 29.9 Å². The molecule has 0 aliphatic carbocycles. The van der Waals surface area contributed by atoms with E-state index >= 15 is 4.39 Å². The van der Waals surface area contributed by atoms with Crippen molar-refractivity contribution in [1.82, 2.24) is 9.97 Å². The number of carbonyl (C=O) groups excluding carboxylic acids is 1. The van der Waals surface area contributed by atoms with Crippen molar-refractivity contribution in [2.45, 2.75) is 13.3 Å². The molecule has 0 fully saturated rings. The summed E-state index contributed by atoms with van der Waals surface area (Å²) in [6.45, 7) is 1.62. The summed E-state index contributed by atoms with van der Waals surface area (Å²) in [6, 6.07) is 10.6. The van der Waals surface area contributed by atoms with Gasteiger partial charge in [0.25, 0.3) is 0 Å². The smallest absolute Gasteiger partial charge is 0.232 e. The number of aromatic amines is 1. The molecule has 0 saturated heterocycles. The summed E-state index contributed by atoms with van der Waals surface area (Å²) in [5, 5.41) is 0.907. The van der Waals surface area contributed by atoms with E-state index in [9.17, 15) is 17.6 Å². The lowest BCUT2D eigenvalue weighted by Gasteiger charge is -2.11. The predicted octanol–water partition coefficient (Wildman–Crippen LogP) is 5.54. The number of rotatable bonds is 7. The number of fused-ring (bicyclic) bond motifs is 1. The maximum absolute atomic E-state index is 15.1. The topological polar surface area (TPSA) is 91.9 Å². The highest BCUT2D eigenvalue weighted by Gasteiger charge is 2.25. The third-order valence-corrected chi connectivity index (χ3v) is 6.82. The fourth-order valence-electron chi connectivity index (χ4n) is 3.48. The number of pyridine rings is 1. The third-order valence-electron chi connectivity index (χ3n) is 5.03. The number of ketones is 1. The molecule has 0 radical (unpaired) electrons. The molecular weight excluding hydrogens is 472 g/mol. The largest absolute Gasteiger partial charge is 0.345 e. The summed E-state index contributed by atoms with van der Waals surface area (Å²) >= 11 is 6.27. The highest BCUT2D eigenvalue weighted by atomic mass is 35.5. The molecule has 0 bridgehead atoms. The maximum Gasteiger partial charge on any atom is 0.232 e. The van der Waals surface area contributed by atoms with E-state index in [1.807, 2.05) is 10.8 Å². The zero-order valence-corrected chi connectivity index (χ0v) is 18.9. The van der Waals surface area contributed by atoms with Crippen molar-refractivity contribution >= 4 is 44.1 Å². The molecule has 0 unspecified atom stereocenters. The fraction of sp³-hybridized carbons (Fsp3) is 0.130. The minimum Gasteiger partial charge on any atom is -0.345 e. The second-order valence-corrected chi connectivity index (χ2v) is 9.59.